The van der Waals surface area contributed by atoms with Crippen LogP contribution in [0.1, 0.15) is 5.56 Å². The first-order chi connectivity index (χ1) is 12.5. The number of fused-ring (bicyclic) bond motifs is 1. The summed E-state index contributed by atoms with van der Waals surface area (Å²) in [5, 5.41) is 6.51. The number of benzene rings is 2. The van der Waals surface area contributed by atoms with Gasteiger partial charge in [-0.3, -0.25) is 4.90 Å². The standard InChI is InChI=1S/C19H22N4O2S/c20-26(24,25)17-5-3-4-16(12-17)23-10-8-22(9-11-23)14-15-13-21-19-7-2-1-6-18(15)19/h1-7,12-13,21H,8-11,14H2,(H2,20,24,25). The molecule has 1 aromatic heterocycles. The highest BCUT2D eigenvalue weighted by molar-refractivity contribution is 7.89. The number of nitrogens with zero attached hydrogens (tertiary/aromatic N) is 2. The molecule has 0 amide bonds. The topological polar surface area (TPSA) is 82.4 Å². The van der Waals surface area contributed by atoms with Crippen molar-refractivity contribution in [3.63, 3.8) is 0 Å². The Morgan fingerprint density at radius 2 is 1.77 bits per heavy atom. The number of para-hydroxylation sites is 1. The van der Waals surface area contributed by atoms with E-state index in [1.807, 2.05) is 12.1 Å². The second-order valence-electron chi connectivity index (χ2n) is 6.67. The molecule has 0 atom stereocenters. The van der Waals surface area contributed by atoms with Crippen molar-refractivity contribution in [1.82, 2.24) is 9.88 Å². The Kier molecular flexibility index (Phi) is 4.44. The van der Waals surface area contributed by atoms with Crippen LogP contribution in [0.3, 0.4) is 0 Å². The lowest BCUT2D eigenvalue weighted by molar-refractivity contribution is 0.250. The van der Waals surface area contributed by atoms with E-state index in [9.17, 15) is 8.42 Å². The summed E-state index contributed by atoms with van der Waals surface area (Å²) in [6, 6.07) is 15.2. The van der Waals surface area contributed by atoms with E-state index in [0.29, 0.717) is 0 Å². The Labute approximate surface area is 153 Å². The van der Waals surface area contributed by atoms with Gasteiger partial charge in [-0.25, -0.2) is 13.6 Å². The number of aromatic nitrogens is 1. The normalized spacial score (nSPS) is 16.3. The molecule has 1 saturated heterocycles. The molecule has 2 heterocycles. The van der Waals surface area contributed by atoms with E-state index in [-0.39, 0.29) is 4.90 Å². The predicted molar refractivity (Wildman–Crippen MR) is 104 cm³/mol. The summed E-state index contributed by atoms with van der Waals surface area (Å²) in [5.41, 5.74) is 3.38. The molecule has 1 aliphatic rings. The van der Waals surface area contributed by atoms with Gasteiger partial charge in [0.25, 0.3) is 0 Å². The van der Waals surface area contributed by atoms with Gasteiger partial charge >= 0.3 is 0 Å². The van der Waals surface area contributed by atoms with Crippen LogP contribution in [0.25, 0.3) is 10.9 Å². The third-order valence-electron chi connectivity index (χ3n) is 4.95. The molecule has 7 heteroatoms. The smallest absolute Gasteiger partial charge is 0.238 e. The Balaban J connectivity index is 1.43. The molecule has 0 bridgehead atoms. The highest BCUT2D eigenvalue weighted by Crippen LogP contribution is 2.23. The van der Waals surface area contributed by atoms with E-state index in [0.717, 1.165) is 38.4 Å². The van der Waals surface area contributed by atoms with E-state index in [1.165, 1.54) is 22.5 Å². The third-order valence-corrected chi connectivity index (χ3v) is 5.86. The van der Waals surface area contributed by atoms with Crippen LogP contribution in [0, 0.1) is 0 Å². The first-order valence-corrected chi connectivity index (χ1v) is 10.2. The molecule has 0 aliphatic carbocycles. The predicted octanol–water partition coefficient (Wildman–Crippen LogP) is 2.14. The average Bonchev–Trinajstić information content (AvgIpc) is 3.05. The fourth-order valence-corrected chi connectivity index (χ4v) is 4.08. The number of anilines is 1. The highest BCUT2D eigenvalue weighted by Gasteiger charge is 2.19. The monoisotopic (exact) mass is 370 g/mol. The van der Waals surface area contributed by atoms with Crippen LogP contribution in [0.15, 0.2) is 59.6 Å². The van der Waals surface area contributed by atoms with Crippen LogP contribution in [-0.2, 0) is 16.6 Å². The fourth-order valence-electron chi connectivity index (χ4n) is 3.52. The largest absolute Gasteiger partial charge is 0.369 e. The van der Waals surface area contributed by atoms with Gasteiger partial charge in [-0.05, 0) is 29.8 Å². The zero-order chi connectivity index (χ0) is 18.1. The quantitative estimate of drug-likeness (QED) is 0.737. The Hall–Kier alpha value is -2.35. The van der Waals surface area contributed by atoms with Gasteiger partial charge in [0.2, 0.25) is 10.0 Å². The van der Waals surface area contributed by atoms with Crippen LogP contribution in [0.4, 0.5) is 5.69 Å². The summed E-state index contributed by atoms with van der Waals surface area (Å²) in [6.07, 6.45) is 2.09. The summed E-state index contributed by atoms with van der Waals surface area (Å²) in [7, 11) is -3.67. The molecule has 0 saturated carbocycles. The van der Waals surface area contributed by atoms with Crippen molar-refractivity contribution in [3.05, 3.63) is 60.3 Å². The molecule has 6 nitrogen and oxygen atoms in total. The van der Waals surface area contributed by atoms with Gasteiger partial charge in [-0.2, -0.15) is 0 Å². The molecule has 3 N–H and O–H groups in total. The summed E-state index contributed by atoms with van der Waals surface area (Å²) in [4.78, 5) is 8.13. The van der Waals surface area contributed by atoms with Crippen molar-refractivity contribution >= 4 is 26.6 Å². The second-order valence-corrected chi connectivity index (χ2v) is 8.23. The zero-order valence-corrected chi connectivity index (χ0v) is 15.2. The van der Waals surface area contributed by atoms with Gasteiger partial charge in [0.05, 0.1) is 4.90 Å². The zero-order valence-electron chi connectivity index (χ0n) is 14.4. The van der Waals surface area contributed by atoms with E-state index in [2.05, 4.69) is 39.2 Å². The lowest BCUT2D eigenvalue weighted by Crippen LogP contribution is -2.46. The number of hydrogen-bond acceptors (Lipinski definition) is 4. The number of nitrogens with two attached hydrogens (primary N) is 1. The second kappa shape index (κ2) is 6.75. The van der Waals surface area contributed by atoms with Gasteiger partial charge in [0.1, 0.15) is 0 Å². The van der Waals surface area contributed by atoms with Crippen LogP contribution in [0.5, 0.6) is 0 Å². The third kappa shape index (κ3) is 3.46. The van der Waals surface area contributed by atoms with Crippen molar-refractivity contribution in [1.29, 1.82) is 0 Å². The van der Waals surface area contributed by atoms with Crippen molar-refractivity contribution in [2.75, 3.05) is 31.1 Å². The number of piperazine rings is 1. The Morgan fingerprint density at radius 1 is 1.00 bits per heavy atom. The average molecular weight is 370 g/mol. The van der Waals surface area contributed by atoms with Gasteiger partial charge in [0.15, 0.2) is 0 Å². The Morgan fingerprint density at radius 3 is 2.54 bits per heavy atom. The van der Waals surface area contributed by atoms with Crippen LogP contribution in [-0.4, -0.2) is 44.5 Å². The van der Waals surface area contributed by atoms with Gasteiger partial charge in [0, 0.05) is 55.5 Å². The lowest BCUT2D eigenvalue weighted by Gasteiger charge is -2.36. The van der Waals surface area contributed by atoms with Gasteiger partial charge < -0.3 is 9.88 Å². The number of nitrogens with one attached hydrogen (secondary N) is 1. The van der Waals surface area contributed by atoms with Crippen LogP contribution in [0.2, 0.25) is 0 Å². The summed E-state index contributed by atoms with van der Waals surface area (Å²) >= 11 is 0. The molecule has 136 valence electrons. The highest BCUT2D eigenvalue weighted by atomic mass is 32.2. The number of aromatic amines is 1. The maximum absolute atomic E-state index is 11.6. The minimum Gasteiger partial charge on any atom is -0.369 e. The van der Waals surface area contributed by atoms with Crippen LogP contribution >= 0.6 is 0 Å². The lowest BCUT2D eigenvalue weighted by atomic mass is 10.1. The maximum atomic E-state index is 11.6. The van der Waals surface area contributed by atoms with Gasteiger partial charge in [-0.15, -0.1) is 0 Å². The van der Waals surface area contributed by atoms with Crippen molar-refractivity contribution < 1.29 is 8.42 Å². The van der Waals surface area contributed by atoms with E-state index in [1.54, 1.807) is 12.1 Å². The molecular formula is C19H22N4O2S. The van der Waals surface area contributed by atoms with Crippen molar-refractivity contribution in [2.45, 2.75) is 11.4 Å². The van der Waals surface area contributed by atoms with Crippen molar-refractivity contribution in [3.8, 4) is 0 Å². The minimum absolute atomic E-state index is 0.163. The number of primary sulfonamides is 1. The molecule has 26 heavy (non-hydrogen) atoms. The molecule has 0 radical (unpaired) electrons. The summed E-state index contributed by atoms with van der Waals surface area (Å²) in [6.45, 7) is 4.49. The van der Waals surface area contributed by atoms with E-state index in [4.69, 9.17) is 5.14 Å². The molecule has 0 spiro atoms. The molecule has 4 rings (SSSR count). The number of H-pyrrole nitrogens is 1. The number of hydrogen-bond donors (Lipinski definition) is 2. The minimum atomic E-state index is -3.67. The van der Waals surface area contributed by atoms with Gasteiger partial charge in [-0.1, -0.05) is 24.3 Å². The van der Waals surface area contributed by atoms with E-state index < -0.39 is 10.0 Å². The molecule has 2 aromatic carbocycles. The number of rotatable bonds is 4. The fraction of sp³-hybridized carbons (Fsp3) is 0.263. The molecule has 1 aliphatic heterocycles. The van der Waals surface area contributed by atoms with Crippen molar-refractivity contribution in [2.24, 2.45) is 5.14 Å². The molecule has 1 fully saturated rings. The summed E-state index contributed by atoms with van der Waals surface area (Å²) in [5.74, 6) is 0. The molecule has 0 unspecified atom stereocenters. The maximum Gasteiger partial charge on any atom is 0.238 e. The SMILES string of the molecule is NS(=O)(=O)c1cccc(N2CCN(Cc3c[nH]c4ccccc34)CC2)c1. The summed E-state index contributed by atoms with van der Waals surface area (Å²) < 4.78 is 23.1. The van der Waals surface area contributed by atoms with Crippen LogP contribution < -0.4 is 10.0 Å². The van der Waals surface area contributed by atoms with E-state index >= 15 is 0 Å². The molecule has 3 aromatic rings. The number of sulfonamides is 1. The first kappa shape index (κ1) is 17.1. The molecular weight excluding hydrogens is 348 g/mol. The first-order valence-electron chi connectivity index (χ1n) is 8.66. The Bertz CT molecular complexity index is 1020.